The van der Waals surface area contributed by atoms with Crippen LogP contribution in [0.5, 0.6) is 0 Å². The van der Waals surface area contributed by atoms with E-state index in [0.717, 1.165) is 6.42 Å². The Kier molecular flexibility index (Phi) is 7.63. The minimum atomic E-state index is -3.36. The normalized spacial score (nSPS) is 16.7. The fourth-order valence-corrected chi connectivity index (χ4v) is 3.87. The summed E-state index contributed by atoms with van der Waals surface area (Å²) in [6.07, 6.45) is 2.10. The number of aromatic nitrogens is 2. The molecular formula is C12H23ClN5O4P. The monoisotopic (exact) mass is 367 g/mol. The zero-order valence-electron chi connectivity index (χ0n) is 13.7. The molecule has 132 valence electrons. The van der Waals surface area contributed by atoms with Gasteiger partial charge in [0.15, 0.2) is 0 Å². The molecular weight excluding hydrogens is 345 g/mol. The maximum atomic E-state index is 12.9. The van der Waals surface area contributed by atoms with Gasteiger partial charge >= 0.3 is 13.6 Å². The molecule has 0 radical (unpaired) electrons. The van der Waals surface area contributed by atoms with Crippen LogP contribution in [0.25, 0.3) is 0 Å². The molecule has 3 atom stereocenters. The molecule has 0 fully saturated rings. The number of hydrogen-bond donors (Lipinski definition) is 2. The first-order valence-electron chi connectivity index (χ1n) is 7.23. The van der Waals surface area contributed by atoms with E-state index in [1.54, 1.807) is 6.92 Å². The third-order valence-electron chi connectivity index (χ3n) is 3.24. The summed E-state index contributed by atoms with van der Waals surface area (Å²) in [5.74, 6) is -0.0254. The van der Waals surface area contributed by atoms with Crippen LogP contribution in [0.3, 0.4) is 0 Å². The van der Waals surface area contributed by atoms with Crippen molar-refractivity contribution in [3.05, 3.63) is 22.0 Å². The molecule has 23 heavy (non-hydrogen) atoms. The van der Waals surface area contributed by atoms with Crippen molar-refractivity contribution in [3.8, 4) is 0 Å². The van der Waals surface area contributed by atoms with Gasteiger partial charge in [0.2, 0.25) is 0 Å². The number of hydrogen-bond acceptors (Lipinski definition) is 5. The summed E-state index contributed by atoms with van der Waals surface area (Å²) in [4.78, 5) is 13.9. The maximum absolute atomic E-state index is 12.9. The van der Waals surface area contributed by atoms with Crippen molar-refractivity contribution in [2.24, 2.45) is 7.05 Å². The fourth-order valence-electron chi connectivity index (χ4n) is 1.71. The lowest BCUT2D eigenvalue weighted by Gasteiger charge is -2.25. The molecule has 1 rings (SSSR count). The quantitative estimate of drug-likeness (QED) is 0.283. The van der Waals surface area contributed by atoms with Crippen LogP contribution in [-0.4, -0.2) is 32.4 Å². The number of nitro groups is 1. The van der Waals surface area contributed by atoms with Gasteiger partial charge in [0.25, 0.3) is 0 Å². The number of alkyl halides is 1. The Balaban J connectivity index is 2.85. The molecule has 1 aromatic heterocycles. The van der Waals surface area contributed by atoms with E-state index in [-0.39, 0.29) is 30.5 Å². The van der Waals surface area contributed by atoms with Crippen LogP contribution in [0, 0.1) is 10.1 Å². The van der Waals surface area contributed by atoms with E-state index >= 15 is 0 Å². The van der Waals surface area contributed by atoms with Crippen molar-refractivity contribution in [1.29, 1.82) is 0 Å². The zero-order chi connectivity index (χ0) is 17.6. The maximum Gasteiger partial charge on any atom is 0.434 e. The summed E-state index contributed by atoms with van der Waals surface area (Å²) >= 11 is 5.75. The lowest BCUT2D eigenvalue weighted by molar-refractivity contribution is -0.396. The predicted molar refractivity (Wildman–Crippen MR) is 88.5 cm³/mol. The standard InChI is InChI=1S/C12H23ClN5O4P/c1-5-9(2)15-23(21,16-10(3)6-13)22-8-11-7-14-12(17(11)4)18(19)20/h7,9-10H,5-6,8H2,1-4H3,(H2,15,16,21)/t9-,10-,23?/m1/s1. The summed E-state index contributed by atoms with van der Waals surface area (Å²) in [5.41, 5.74) is 0.447. The summed E-state index contributed by atoms with van der Waals surface area (Å²) in [6, 6.07) is -0.253. The SMILES string of the molecule is CC[C@@H](C)NP(=O)(N[C@H](C)CCl)OCc1cnc([N+](=O)[O-])n1C. The Morgan fingerprint density at radius 1 is 1.48 bits per heavy atom. The number of halogens is 1. The van der Waals surface area contributed by atoms with Crippen molar-refractivity contribution in [1.82, 2.24) is 19.7 Å². The molecule has 0 aliphatic rings. The van der Waals surface area contributed by atoms with Crippen LogP contribution in [0.2, 0.25) is 0 Å². The van der Waals surface area contributed by atoms with Gasteiger partial charge in [-0.1, -0.05) is 11.9 Å². The number of nitrogens with one attached hydrogen (secondary N) is 2. The highest BCUT2D eigenvalue weighted by atomic mass is 35.5. The van der Waals surface area contributed by atoms with Crippen LogP contribution in [0.4, 0.5) is 5.95 Å². The zero-order valence-corrected chi connectivity index (χ0v) is 15.3. The van der Waals surface area contributed by atoms with Gasteiger partial charge in [-0.3, -0.25) is 9.09 Å². The Labute approximate surface area is 140 Å². The molecule has 9 nitrogen and oxygen atoms in total. The molecule has 1 unspecified atom stereocenters. The van der Waals surface area contributed by atoms with Gasteiger partial charge in [0.1, 0.15) is 18.5 Å². The highest BCUT2D eigenvalue weighted by molar-refractivity contribution is 7.54. The molecule has 1 aromatic rings. The molecule has 0 spiro atoms. The van der Waals surface area contributed by atoms with Gasteiger partial charge in [-0.05, 0) is 25.2 Å². The molecule has 0 bridgehead atoms. The van der Waals surface area contributed by atoms with Gasteiger partial charge in [-0.15, -0.1) is 11.6 Å². The highest BCUT2D eigenvalue weighted by Crippen LogP contribution is 2.40. The first-order valence-corrected chi connectivity index (χ1v) is 9.39. The van der Waals surface area contributed by atoms with Crippen molar-refractivity contribution < 1.29 is 14.0 Å². The van der Waals surface area contributed by atoms with E-state index in [1.807, 2.05) is 13.8 Å². The van der Waals surface area contributed by atoms with Gasteiger partial charge in [0, 0.05) is 18.0 Å². The van der Waals surface area contributed by atoms with E-state index in [0.29, 0.717) is 5.69 Å². The number of rotatable bonds is 10. The van der Waals surface area contributed by atoms with Crippen LogP contribution in [-0.2, 0) is 22.7 Å². The summed E-state index contributed by atoms with van der Waals surface area (Å²) in [7, 11) is -1.85. The minimum absolute atomic E-state index is 0.0308. The number of imidazole rings is 1. The molecule has 2 N–H and O–H groups in total. The molecule has 0 amide bonds. The molecule has 0 aliphatic heterocycles. The predicted octanol–water partition coefficient (Wildman–Crippen LogP) is 2.56. The van der Waals surface area contributed by atoms with E-state index < -0.39 is 12.6 Å². The molecule has 11 heteroatoms. The Bertz CT molecular complexity index is 566. The second-order valence-electron chi connectivity index (χ2n) is 5.31. The minimum Gasteiger partial charge on any atom is -0.390 e. The van der Waals surface area contributed by atoms with E-state index in [4.69, 9.17) is 16.1 Å². The Morgan fingerprint density at radius 3 is 2.57 bits per heavy atom. The van der Waals surface area contributed by atoms with Crippen molar-refractivity contribution in [2.45, 2.75) is 45.9 Å². The third kappa shape index (κ3) is 5.86. The first kappa shape index (κ1) is 20.1. The first-order chi connectivity index (χ1) is 10.7. The van der Waals surface area contributed by atoms with Crippen LogP contribution >= 0.6 is 19.3 Å². The van der Waals surface area contributed by atoms with Crippen LogP contribution < -0.4 is 10.2 Å². The second-order valence-corrected chi connectivity index (χ2v) is 7.50. The largest absolute Gasteiger partial charge is 0.434 e. The van der Waals surface area contributed by atoms with Crippen molar-refractivity contribution in [2.75, 3.05) is 5.88 Å². The Hall–Kier alpha value is -0.990. The Morgan fingerprint density at radius 2 is 2.09 bits per heavy atom. The van der Waals surface area contributed by atoms with E-state index in [9.17, 15) is 14.7 Å². The lowest BCUT2D eigenvalue weighted by atomic mass is 10.3. The topological polar surface area (TPSA) is 111 Å². The van der Waals surface area contributed by atoms with Gasteiger partial charge in [0.05, 0.1) is 7.05 Å². The second kappa shape index (κ2) is 8.75. The summed E-state index contributed by atoms with van der Waals surface area (Å²) in [6.45, 7) is 5.55. The van der Waals surface area contributed by atoms with E-state index in [1.165, 1.54) is 17.8 Å². The molecule has 1 heterocycles. The average molecular weight is 368 g/mol. The molecule has 0 aromatic carbocycles. The fraction of sp³-hybridized carbons (Fsp3) is 0.750. The van der Waals surface area contributed by atoms with Crippen molar-refractivity contribution >= 4 is 25.2 Å². The smallest absolute Gasteiger partial charge is 0.390 e. The van der Waals surface area contributed by atoms with Crippen LogP contribution in [0.1, 0.15) is 32.9 Å². The average Bonchev–Trinajstić information content (AvgIpc) is 2.86. The number of nitrogens with zero attached hydrogens (tertiary/aromatic N) is 3. The summed E-state index contributed by atoms with van der Waals surface area (Å²) < 4.78 is 19.7. The lowest BCUT2D eigenvalue weighted by Crippen LogP contribution is -2.35. The highest BCUT2D eigenvalue weighted by Gasteiger charge is 2.28. The van der Waals surface area contributed by atoms with E-state index in [2.05, 4.69) is 15.2 Å². The third-order valence-corrected chi connectivity index (χ3v) is 5.76. The van der Waals surface area contributed by atoms with Crippen LogP contribution in [0.15, 0.2) is 6.20 Å². The van der Waals surface area contributed by atoms with Gasteiger partial charge < -0.3 is 10.1 Å². The molecule has 0 saturated carbocycles. The van der Waals surface area contributed by atoms with Crippen molar-refractivity contribution in [3.63, 3.8) is 0 Å². The molecule has 0 saturated heterocycles. The molecule has 0 aliphatic carbocycles. The summed E-state index contributed by atoms with van der Waals surface area (Å²) in [5, 5.41) is 16.6. The van der Waals surface area contributed by atoms with Gasteiger partial charge in [-0.2, -0.15) is 0 Å². The van der Waals surface area contributed by atoms with Gasteiger partial charge in [-0.25, -0.2) is 14.7 Å².